The molecule has 4 rings (SSSR count). The van der Waals surface area contributed by atoms with Gasteiger partial charge in [-0.05, 0) is 47.5 Å². The van der Waals surface area contributed by atoms with Crippen molar-refractivity contribution in [1.82, 2.24) is 0 Å². The molecular weight excluding hydrogens is 384 g/mol. The zero-order valence-electron chi connectivity index (χ0n) is 16.3. The quantitative estimate of drug-likeness (QED) is 0.539. The first-order chi connectivity index (χ1) is 14.1. The molecule has 5 heteroatoms. The van der Waals surface area contributed by atoms with E-state index >= 15 is 0 Å². The summed E-state index contributed by atoms with van der Waals surface area (Å²) in [6.07, 6.45) is 0.586. The van der Waals surface area contributed by atoms with Gasteiger partial charge in [0.2, 0.25) is 5.91 Å². The van der Waals surface area contributed by atoms with Gasteiger partial charge >= 0.3 is 0 Å². The van der Waals surface area contributed by atoms with Crippen molar-refractivity contribution < 1.29 is 9.53 Å². The van der Waals surface area contributed by atoms with Crippen LogP contribution in [0.3, 0.4) is 0 Å². The Bertz CT molecular complexity index is 1060. The molecule has 3 aromatic carbocycles. The molecule has 0 aromatic heterocycles. The van der Waals surface area contributed by atoms with Crippen molar-refractivity contribution in [2.45, 2.75) is 19.4 Å². The Balaban J connectivity index is 1.87. The number of aliphatic imine (C=N–C) groups is 1. The summed E-state index contributed by atoms with van der Waals surface area (Å²) in [7, 11) is 1.64. The molecule has 0 saturated heterocycles. The zero-order chi connectivity index (χ0) is 20.4. The van der Waals surface area contributed by atoms with E-state index in [0.29, 0.717) is 11.4 Å². The zero-order valence-corrected chi connectivity index (χ0v) is 17.1. The van der Waals surface area contributed by atoms with Gasteiger partial charge < -0.3 is 9.64 Å². The lowest BCUT2D eigenvalue weighted by atomic mass is 9.95. The summed E-state index contributed by atoms with van der Waals surface area (Å²) in [5.74, 6) is 0.759. The molecule has 1 aliphatic heterocycles. The van der Waals surface area contributed by atoms with E-state index < -0.39 is 0 Å². The van der Waals surface area contributed by atoms with Crippen LogP contribution in [0.4, 0.5) is 11.4 Å². The number of hydrogen-bond acceptors (Lipinski definition) is 3. The van der Waals surface area contributed by atoms with E-state index in [2.05, 4.69) is 0 Å². The number of methoxy groups -OCH3 is 1. The van der Waals surface area contributed by atoms with Gasteiger partial charge in [-0.2, -0.15) is 0 Å². The summed E-state index contributed by atoms with van der Waals surface area (Å²) in [6, 6.07) is 23.1. The maximum Gasteiger partial charge on any atom is 0.224 e. The molecule has 0 spiro atoms. The monoisotopic (exact) mass is 404 g/mol. The molecule has 0 bridgehead atoms. The third kappa shape index (κ3) is 3.89. The van der Waals surface area contributed by atoms with Gasteiger partial charge in [0.25, 0.3) is 0 Å². The van der Waals surface area contributed by atoms with Gasteiger partial charge in [0.05, 0.1) is 30.2 Å². The van der Waals surface area contributed by atoms with Gasteiger partial charge in [-0.25, -0.2) is 0 Å². The molecule has 4 nitrogen and oxygen atoms in total. The van der Waals surface area contributed by atoms with Gasteiger partial charge in [0.15, 0.2) is 0 Å². The van der Waals surface area contributed by atoms with Gasteiger partial charge in [0, 0.05) is 18.4 Å². The minimum atomic E-state index is -0.184. The van der Waals surface area contributed by atoms with Crippen molar-refractivity contribution in [3.8, 4) is 5.75 Å². The van der Waals surface area contributed by atoms with Crippen molar-refractivity contribution in [1.29, 1.82) is 0 Å². The van der Waals surface area contributed by atoms with Crippen LogP contribution < -0.4 is 9.64 Å². The summed E-state index contributed by atoms with van der Waals surface area (Å²) < 4.78 is 5.30. The Hall–Kier alpha value is -3.11. The van der Waals surface area contributed by atoms with Gasteiger partial charge in [-0.15, -0.1) is 0 Å². The number of carbonyl (C=O) groups excluding carboxylic acids is 1. The van der Waals surface area contributed by atoms with Gasteiger partial charge in [-0.1, -0.05) is 48.0 Å². The summed E-state index contributed by atoms with van der Waals surface area (Å²) in [6.45, 7) is 1.60. The standard InChI is InChI=1S/C24H21ClN2O2/c1-16(28)27-23-6-4-3-5-21(23)26-22(17-7-11-19(25)12-8-17)15-24(27)18-9-13-20(29-2)14-10-18/h3-14,24H,15H2,1-2H3. The third-order valence-corrected chi connectivity index (χ3v) is 5.36. The number of rotatable bonds is 3. The first kappa shape index (κ1) is 19.2. The summed E-state index contributed by atoms with van der Waals surface area (Å²) >= 11 is 6.08. The number of para-hydroxylation sites is 2. The fourth-order valence-corrected chi connectivity index (χ4v) is 3.83. The van der Waals surface area contributed by atoms with Crippen molar-refractivity contribution in [2.75, 3.05) is 12.0 Å². The predicted molar refractivity (Wildman–Crippen MR) is 118 cm³/mol. The number of anilines is 1. The van der Waals surface area contributed by atoms with Crippen LogP contribution in [0.25, 0.3) is 0 Å². The van der Waals surface area contributed by atoms with E-state index in [-0.39, 0.29) is 11.9 Å². The first-order valence-electron chi connectivity index (χ1n) is 9.43. The van der Waals surface area contributed by atoms with Crippen LogP contribution >= 0.6 is 11.6 Å². The first-order valence-corrected chi connectivity index (χ1v) is 9.81. The largest absolute Gasteiger partial charge is 0.497 e. The highest BCUT2D eigenvalue weighted by atomic mass is 35.5. The minimum Gasteiger partial charge on any atom is -0.497 e. The number of halogens is 1. The second-order valence-corrected chi connectivity index (χ2v) is 7.37. The molecule has 0 fully saturated rings. The molecule has 0 N–H and O–H groups in total. The molecule has 0 radical (unpaired) electrons. The molecule has 1 atom stereocenters. The van der Waals surface area contributed by atoms with Crippen LogP contribution in [0.15, 0.2) is 77.8 Å². The van der Waals surface area contributed by atoms with Gasteiger partial charge in [0.1, 0.15) is 5.75 Å². The van der Waals surface area contributed by atoms with Crippen LogP contribution in [0.1, 0.15) is 30.5 Å². The lowest BCUT2D eigenvalue weighted by Crippen LogP contribution is -2.33. The maximum atomic E-state index is 12.7. The van der Waals surface area contributed by atoms with Gasteiger partial charge in [-0.3, -0.25) is 9.79 Å². The summed E-state index contributed by atoms with van der Waals surface area (Å²) in [5, 5.41) is 0.681. The van der Waals surface area contributed by atoms with Crippen LogP contribution in [0.5, 0.6) is 5.75 Å². The average Bonchev–Trinajstić information content (AvgIpc) is 2.91. The predicted octanol–water partition coefficient (Wildman–Crippen LogP) is 5.97. The highest BCUT2D eigenvalue weighted by Gasteiger charge is 2.30. The molecule has 1 aliphatic rings. The molecule has 1 heterocycles. The van der Waals surface area contributed by atoms with Crippen LogP contribution in [-0.4, -0.2) is 18.7 Å². The van der Waals surface area contributed by atoms with Crippen molar-refractivity contribution in [3.05, 3.63) is 88.9 Å². The number of ether oxygens (including phenoxy) is 1. The second kappa shape index (κ2) is 8.10. The number of nitrogens with zero attached hydrogens (tertiary/aromatic N) is 2. The Kier molecular flexibility index (Phi) is 5.36. The number of benzene rings is 3. The third-order valence-electron chi connectivity index (χ3n) is 5.11. The Morgan fingerprint density at radius 3 is 2.38 bits per heavy atom. The fraction of sp³-hybridized carbons (Fsp3) is 0.167. The Morgan fingerprint density at radius 1 is 1.03 bits per heavy atom. The molecule has 29 heavy (non-hydrogen) atoms. The van der Waals surface area contributed by atoms with E-state index in [0.717, 1.165) is 34.0 Å². The number of fused-ring (bicyclic) bond motifs is 1. The number of hydrogen-bond donors (Lipinski definition) is 0. The minimum absolute atomic E-state index is 0.0224. The Morgan fingerprint density at radius 2 is 1.72 bits per heavy atom. The highest BCUT2D eigenvalue weighted by Crippen LogP contribution is 2.41. The summed E-state index contributed by atoms with van der Waals surface area (Å²) in [4.78, 5) is 19.5. The normalized spacial score (nSPS) is 15.9. The molecule has 3 aromatic rings. The topological polar surface area (TPSA) is 41.9 Å². The van der Waals surface area contributed by atoms with Crippen molar-refractivity contribution in [2.24, 2.45) is 4.99 Å². The van der Waals surface area contributed by atoms with Crippen LogP contribution in [0.2, 0.25) is 5.02 Å². The summed E-state index contributed by atoms with van der Waals surface area (Å²) in [5.41, 5.74) is 4.53. The smallest absolute Gasteiger partial charge is 0.224 e. The molecule has 0 saturated carbocycles. The second-order valence-electron chi connectivity index (χ2n) is 6.94. The molecule has 146 valence electrons. The SMILES string of the molecule is COc1ccc(C2CC(c3ccc(Cl)cc3)=Nc3ccccc3N2C(C)=O)cc1. The number of carbonyl (C=O) groups is 1. The van der Waals surface area contributed by atoms with E-state index in [4.69, 9.17) is 21.3 Å². The van der Waals surface area contributed by atoms with E-state index in [1.807, 2.05) is 77.7 Å². The van der Waals surface area contributed by atoms with E-state index in [1.54, 1.807) is 14.0 Å². The highest BCUT2D eigenvalue weighted by molar-refractivity contribution is 6.30. The van der Waals surface area contributed by atoms with Crippen LogP contribution in [-0.2, 0) is 4.79 Å². The fourth-order valence-electron chi connectivity index (χ4n) is 3.70. The van der Waals surface area contributed by atoms with Crippen molar-refractivity contribution >= 4 is 34.6 Å². The van der Waals surface area contributed by atoms with Crippen molar-refractivity contribution in [3.63, 3.8) is 0 Å². The Labute approximate surface area is 175 Å². The molecular formula is C24H21ClN2O2. The van der Waals surface area contributed by atoms with E-state index in [1.165, 1.54) is 0 Å². The molecule has 1 amide bonds. The van der Waals surface area contributed by atoms with E-state index in [9.17, 15) is 4.79 Å². The molecule has 0 aliphatic carbocycles. The average molecular weight is 405 g/mol. The van der Waals surface area contributed by atoms with Crippen LogP contribution in [0, 0.1) is 0 Å². The maximum absolute atomic E-state index is 12.7. The lowest BCUT2D eigenvalue weighted by molar-refractivity contribution is -0.117. The number of amides is 1. The molecule has 1 unspecified atom stereocenters. The lowest BCUT2D eigenvalue weighted by Gasteiger charge is -2.30.